The minimum atomic E-state index is -1.83. The summed E-state index contributed by atoms with van der Waals surface area (Å²) in [6.45, 7) is 7.51. The van der Waals surface area contributed by atoms with Crippen LogP contribution in [0.5, 0.6) is 0 Å². The van der Waals surface area contributed by atoms with Crippen LogP contribution in [0, 0.1) is 52.3 Å². The topological polar surface area (TPSA) is 174 Å². The van der Waals surface area contributed by atoms with Crippen LogP contribution in [-0.4, -0.2) is 131 Å². The first-order chi connectivity index (χ1) is 25.2. The molecule has 4 saturated heterocycles. The summed E-state index contributed by atoms with van der Waals surface area (Å²) in [6, 6.07) is 0. The van der Waals surface area contributed by atoms with Crippen LogP contribution in [0.25, 0.3) is 0 Å². The molecule has 14 heteroatoms. The lowest BCUT2D eigenvalue weighted by Gasteiger charge is -2.60. The zero-order valence-corrected chi connectivity index (χ0v) is 31.3. The molecule has 0 aromatic rings. The third kappa shape index (κ3) is 6.10. The second-order valence-electron chi connectivity index (χ2n) is 18.6. The summed E-state index contributed by atoms with van der Waals surface area (Å²) in [5.41, 5.74) is -0.333. The molecule has 4 aliphatic carbocycles. The van der Waals surface area contributed by atoms with Gasteiger partial charge in [-0.25, -0.2) is 8.78 Å². The molecule has 4 aliphatic heterocycles. The van der Waals surface area contributed by atoms with Crippen molar-refractivity contribution in [3.05, 3.63) is 0 Å². The van der Waals surface area contributed by atoms with Gasteiger partial charge in [0.1, 0.15) is 68.0 Å². The van der Waals surface area contributed by atoms with Gasteiger partial charge in [0.2, 0.25) is 0 Å². The number of ketones is 1. The van der Waals surface area contributed by atoms with Crippen LogP contribution in [0.15, 0.2) is 0 Å². The van der Waals surface area contributed by atoms with Crippen molar-refractivity contribution in [2.24, 2.45) is 52.3 Å². The van der Waals surface area contributed by atoms with E-state index in [4.69, 9.17) is 28.4 Å². The van der Waals surface area contributed by atoms with Gasteiger partial charge >= 0.3 is 0 Å². The Labute approximate surface area is 310 Å². The lowest BCUT2D eigenvalue weighted by Crippen LogP contribution is -2.64. The van der Waals surface area contributed by atoms with Gasteiger partial charge in [0.25, 0.3) is 0 Å². The Morgan fingerprint density at radius 1 is 0.792 bits per heavy atom. The normalized spacial score (nSPS) is 58.2. The minimum Gasteiger partial charge on any atom is -0.387 e. The molecule has 1 spiro atoms. The Morgan fingerprint density at radius 3 is 2.19 bits per heavy atom. The maximum atomic E-state index is 14.5. The Balaban J connectivity index is 0.911. The molecular formula is C39H60F2O12. The van der Waals surface area contributed by atoms with Gasteiger partial charge in [-0.1, -0.05) is 27.7 Å². The molecule has 8 aliphatic rings. The summed E-state index contributed by atoms with van der Waals surface area (Å²) in [6.07, 6.45) is -9.24. The quantitative estimate of drug-likeness (QED) is 0.251. The molecule has 8 rings (SSSR count). The highest BCUT2D eigenvalue weighted by Gasteiger charge is 2.71. The summed E-state index contributed by atoms with van der Waals surface area (Å²) in [7, 11) is 0. The number of carbonyl (C=O) groups is 1. The molecule has 12 nitrogen and oxygen atoms in total. The number of fused-ring (bicyclic) bond motifs is 7. The molecule has 4 saturated carbocycles. The Kier molecular flexibility index (Phi) is 10.4. The van der Waals surface area contributed by atoms with E-state index in [2.05, 4.69) is 27.7 Å². The van der Waals surface area contributed by atoms with Crippen molar-refractivity contribution < 1.29 is 67.5 Å². The molecule has 53 heavy (non-hydrogen) atoms. The third-order valence-electron chi connectivity index (χ3n) is 15.8. The Morgan fingerprint density at radius 2 is 1.49 bits per heavy atom. The average Bonchev–Trinajstić information content (AvgIpc) is 3.57. The van der Waals surface area contributed by atoms with E-state index in [-0.39, 0.29) is 40.8 Å². The third-order valence-corrected chi connectivity index (χ3v) is 15.8. The molecule has 0 radical (unpaired) electrons. The maximum absolute atomic E-state index is 14.5. The van der Waals surface area contributed by atoms with E-state index in [0.29, 0.717) is 48.7 Å². The number of hydrogen-bond acceptors (Lipinski definition) is 12. The second-order valence-corrected chi connectivity index (χ2v) is 18.6. The summed E-state index contributed by atoms with van der Waals surface area (Å²) < 4.78 is 64.0. The van der Waals surface area contributed by atoms with Gasteiger partial charge in [0, 0.05) is 24.7 Å². The first-order valence-corrected chi connectivity index (χ1v) is 20.1. The molecule has 2 unspecified atom stereocenters. The molecular weight excluding hydrogens is 698 g/mol. The molecule has 0 aromatic heterocycles. The van der Waals surface area contributed by atoms with Gasteiger partial charge < -0.3 is 54.0 Å². The fourth-order valence-electron chi connectivity index (χ4n) is 13.0. The molecule has 8 fully saturated rings. The van der Waals surface area contributed by atoms with Crippen LogP contribution in [-0.2, 0) is 33.2 Å². The summed E-state index contributed by atoms with van der Waals surface area (Å²) in [5.74, 6) is 1.75. The number of alkyl halides is 2. The van der Waals surface area contributed by atoms with Gasteiger partial charge in [-0.15, -0.1) is 0 Å². The van der Waals surface area contributed by atoms with Gasteiger partial charge in [-0.2, -0.15) is 0 Å². The van der Waals surface area contributed by atoms with Gasteiger partial charge in [0.15, 0.2) is 18.4 Å². The zero-order chi connectivity index (χ0) is 37.8. The number of halogens is 2. The van der Waals surface area contributed by atoms with Crippen molar-refractivity contribution in [2.45, 2.75) is 165 Å². The van der Waals surface area contributed by atoms with Crippen LogP contribution >= 0.6 is 0 Å². The van der Waals surface area contributed by atoms with E-state index in [1.54, 1.807) is 0 Å². The number of Topliss-reactive ketones (excluding diaryl/α,β-unsaturated/α-hetero) is 1. The number of carbonyl (C=O) groups excluding carboxylic acids is 1. The lowest BCUT2D eigenvalue weighted by atomic mass is 9.44. The van der Waals surface area contributed by atoms with E-state index < -0.39 is 80.5 Å². The summed E-state index contributed by atoms with van der Waals surface area (Å²) in [5, 5.41) is 52.6. The van der Waals surface area contributed by atoms with E-state index >= 15 is 0 Å². The predicted octanol–water partition coefficient (Wildman–Crippen LogP) is 2.58. The molecule has 0 aromatic carbocycles. The van der Waals surface area contributed by atoms with E-state index in [9.17, 15) is 39.1 Å². The van der Waals surface area contributed by atoms with Crippen LogP contribution in [0.4, 0.5) is 8.78 Å². The summed E-state index contributed by atoms with van der Waals surface area (Å²) >= 11 is 0. The second kappa shape index (κ2) is 14.2. The van der Waals surface area contributed by atoms with Crippen LogP contribution < -0.4 is 0 Å². The van der Waals surface area contributed by atoms with Crippen molar-refractivity contribution in [3.8, 4) is 0 Å². The Hall–Kier alpha value is -0.910. The number of aliphatic hydroxyl groups excluding tert-OH is 5. The molecule has 5 N–H and O–H groups in total. The van der Waals surface area contributed by atoms with Gasteiger partial charge in [-0.3, -0.25) is 4.79 Å². The van der Waals surface area contributed by atoms with E-state index in [1.807, 2.05) is 0 Å². The number of hydrogen-bond donors (Lipinski definition) is 5. The highest BCUT2D eigenvalue weighted by molar-refractivity contribution is 5.84. The van der Waals surface area contributed by atoms with Gasteiger partial charge in [0.05, 0.1) is 18.8 Å². The molecule has 0 amide bonds. The molecule has 22 atom stereocenters. The standard InChI is InChI=1S/C39H60F2O12/c1-17-7-10-39(48-16-17)18(2)27-24(53-39)12-22-21-6-5-19-11-20(8-9-37(19,3)28(21)23(42)13-38(22,27)4)49-35-33(47)31(45)34(26(15-41)51-35)52-36-32(46)30(44)29(43)25(14-40)50-36/h17-22,24-36,43-47H,5-16H2,1-4H3/t17-,18+,19+,20+,21+,22+,24?,25-,26-,27?,28-,29-,30+,31-,32-,33-,34-,35-,36+,37+,38+,39-/m1/s1. The fraction of sp³-hybridized carbons (Fsp3) is 0.974. The number of rotatable bonds is 6. The van der Waals surface area contributed by atoms with Crippen molar-refractivity contribution in [3.63, 3.8) is 0 Å². The molecule has 302 valence electrons. The van der Waals surface area contributed by atoms with Crippen molar-refractivity contribution in [1.82, 2.24) is 0 Å². The average molecular weight is 759 g/mol. The highest BCUT2D eigenvalue weighted by Crippen LogP contribution is 2.70. The van der Waals surface area contributed by atoms with Crippen molar-refractivity contribution >= 4 is 5.78 Å². The molecule has 4 heterocycles. The smallest absolute Gasteiger partial charge is 0.187 e. The largest absolute Gasteiger partial charge is 0.387 e. The zero-order valence-electron chi connectivity index (χ0n) is 31.3. The van der Waals surface area contributed by atoms with E-state index in [1.165, 1.54) is 0 Å². The van der Waals surface area contributed by atoms with Crippen molar-refractivity contribution in [2.75, 3.05) is 20.0 Å². The SMILES string of the molecule is C[C@@H]1CC[C@@]2(OC1)OC1C[C@H]3[C@@H]4CC[C@H]5C[C@@H](O[C@@H]6O[C@H](CF)[C@@H](O[C@@H]7O[C@H](CF)[C@@H](O)[C@H](O)[C@H]7O)[C@H](O)[C@H]6O)CC[C@]5(C)[C@H]4C(=O)C[C@]3(C)C1[C@@H]2C. The predicted molar refractivity (Wildman–Crippen MR) is 181 cm³/mol. The number of ether oxygens (including phenoxy) is 6. The van der Waals surface area contributed by atoms with E-state index in [0.717, 1.165) is 45.1 Å². The summed E-state index contributed by atoms with van der Waals surface area (Å²) in [4.78, 5) is 14.5. The lowest BCUT2D eigenvalue weighted by molar-refractivity contribution is -0.362. The minimum absolute atomic E-state index is 0.0451. The van der Waals surface area contributed by atoms with Crippen LogP contribution in [0.1, 0.15) is 85.5 Å². The first-order valence-electron chi connectivity index (χ1n) is 20.1. The van der Waals surface area contributed by atoms with Crippen molar-refractivity contribution in [1.29, 1.82) is 0 Å². The number of aliphatic hydroxyl groups is 5. The highest BCUT2D eigenvalue weighted by atomic mass is 19.1. The monoisotopic (exact) mass is 758 g/mol. The maximum Gasteiger partial charge on any atom is 0.187 e. The first kappa shape index (κ1) is 38.9. The molecule has 0 bridgehead atoms. The van der Waals surface area contributed by atoms with Crippen LogP contribution in [0.3, 0.4) is 0 Å². The van der Waals surface area contributed by atoms with Crippen LogP contribution in [0.2, 0.25) is 0 Å². The Bertz CT molecular complexity index is 1350. The fourth-order valence-corrected chi connectivity index (χ4v) is 13.0. The van der Waals surface area contributed by atoms with Gasteiger partial charge in [-0.05, 0) is 85.4 Å².